The van der Waals surface area contributed by atoms with Crippen LogP contribution in [0.25, 0.3) is 10.9 Å². The van der Waals surface area contributed by atoms with Crippen molar-refractivity contribution in [2.24, 2.45) is 0 Å². The Labute approximate surface area is 192 Å². The van der Waals surface area contributed by atoms with Gasteiger partial charge in [-0.2, -0.15) is 5.26 Å². The molecule has 0 N–H and O–H groups in total. The maximum atomic E-state index is 12.8. The second-order valence-corrected chi connectivity index (χ2v) is 8.20. The predicted molar refractivity (Wildman–Crippen MR) is 123 cm³/mol. The zero-order chi connectivity index (χ0) is 24.0. The molecule has 0 aliphatic heterocycles. The van der Waals surface area contributed by atoms with Crippen LogP contribution in [0, 0.1) is 11.3 Å². The van der Waals surface area contributed by atoms with Crippen LogP contribution in [0.5, 0.6) is 5.88 Å². The lowest BCUT2D eigenvalue weighted by Crippen LogP contribution is -2.40. The van der Waals surface area contributed by atoms with Gasteiger partial charge in [-0.05, 0) is 44.5 Å². The SMILES string of the molecule is COC(=O)CN(C(=O)OC(C)(C)C)c1ccc2nc(OCc3ccccc3)ccc2c1C#N. The molecular formula is C25H25N3O5. The molecule has 0 aliphatic carbocycles. The Balaban J connectivity index is 1.96. The molecule has 1 amide bonds. The molecule has 3 aromatic rings. The summed E-state index contributed by atoms with van der Waals surface area (Å²) in [7, 11) is 1.22. The number of amides is 1. The van der Waals surface area contributed by atoms with Crippen LogP contribution in [-0.2, 0) is 20.9 Å². The number of nitrogens with zero attached hydrogens (tertiary/aromatic N) is 3. The summed E-state index contributed by atoms with van der Waals surface area (Å²) in [6, 6.07) is 18.4. The minimum atomic E-state index is -0.790. The highest BCUT2D eigenvalue weighted by Crippen LogP contribution is 2.30. The summed E-state index contributed by atoms with van der Waals surface area (Å²) in [5, 5.41) is 10.4. The molecule has 0 atom stereocenters. The third-order valence-electron chi connectivity index (χ3n) is 4.58. The van der Waals surface area contributed by atoms with Gasteiger partial charge in [0.15, 0.2) is 0 Å². The van der Waals surface area contributed by atoms with Gasteiger partial charge in [0.2, 0.25) is 5.88 Å². The van der Waals surface area contributed by atoms with Crippen LogP contribution in [0.2, 0.25) is 0 Å². The fourth-order valence-electron chi connectivity index (χ4n) is 3.09. The van der Waals surface area contributed by atoms with Gasteiger partial charge in [-0.25, -0.2) is 9.78 Å². The fourth-order valence-corrected chi connectivity index (χ4v) is 3.09. The van der Waals surface area contributed by atoms with E-state index in [4.69, 9.17) is 14.2 Å². The van der Waals surface area contributed by atoms with Crippen molar-refractivity contribution < 1.29 is 23.8 Å². The molecule has 0 saturated heterocycles. The van der Waals surface area contributed by atoms with Gasteiger partial charge in [0.25, 0.3) is 0 Å². The number of pyridine rings is 1. The molecule has 2 aromatic carbocycles. The monoisotopic (exact) mass is 447 g/mol. The lowest BCUT2D eigenvalue weighted by Gasteiger charge is -2.27. The number of methoxy groups -OCH3 is 1. The van der Waals surface area contributed by atoms with Gasteiger partial charge >= 0.3 is 12.1 Å². The zero-order valence-corrected chi connectivity index (χ0v) is 19.0. The number of hydrogen-bond acceptors (Lipinski definition) is 7. The summed E-state index contributed by atoms with van der Waals surface area (Å²) in [6.07, 6.45) is -0.764. The van der Waals surface area contributed by atoms with E-state index in [1.807, 2.05) is 30.3 Å². The molecule has 1 heterocycles. The lowest BCUT2D eigenvalue weighted by molar-refractivity contribution is -0.139. The number of anilines is 1. The Bertz CT molecular complexity index is 1200. The van der Waals surface area contributed by atoms with E-state index in [-0.39, 0.29) is 11.3 Å². The number of carbonyl (C=O) groups is 2. The van der Waals surface area contributed by atoms with E-state index in [1.165, 1.54) is 7.11 Å². The van der Waals surface area contributed by atoms with Gasteiger partial charge in [0.1, 0.15) is 24.8 Å². The Morgan fingerprint density at radius 3 is 2.42 bits per heavy atom. The maximum Gasteiger partial charge on any atom is 0.415 e. The van der Waals surface area contributed by atoms with E-state index in [1.54, 1.807) is 45.0 Å². The molecule has 3 rings (SSSR count). The number of carbonyl (C=O) groups excluding carboxylic acids is 2. The van der Waals surface area contributed by atoms with Crippen molar-refractivity contribution in [3.8, 4) is 11.9 Å². The molecule has 1 aromatic heterocycles. The zero-order valence-electron chi connectivity index (χ0n) is 19.0. The van der Waals surface area contributed by atoms with Crippen molar-refractivity contribution in [2.45, 2.75) is 33.0 Å². The lowest BCUT2D eigenvalue weighted by atomic mass is 10.1. The number of nitriles is 1. The van der Waals surface area contributed by atoms with Crippen LogP contribution in [-0.4, -0.2) is 36.3 Å². The average molecular weight is 447 g/mol. The number of aromatic nitrogens is 1. The highest BCUT2D eigenvalue weighted by molar-refractivity contribution is 5.99. The summed E-state index contributed by atoms with van der Waals surface area (Å²) in [5.41, 5.74) is 1.14. The second-order valence-electron chi connectivity index (χ2n) is 8.20. The van der Waals surface area contributed by atoms with Crippen molar-refractivity contribution in [1.82, 2.24) is 4.98 Å². The van der Waals surface area contributed by atoms with E-state index in [0.29, 0.717) is 23.4 Å². The first-order valence-electron chi connectivity index (χ1n) is 10.3. The molecule has 0 radical (unpaired) electrons. The summed E-state index contributed by atoms with van der Waals surface area (Å²) in [6.45, 7) is 5.10. The second kappa shape index (κ2) is 10.0. The van der Waals surface area contributed by atoms with E-state index < -0.39 is 24.2 Å². The molecule has 0 fully saturated rings. The number of rotatable bonds is 6. The molecule has 170 valence electrons. The molecule has 8 nitrogen and oxygen atoms in total. The van der Waals surface area contributed by atoms with Crippen molar-refractivity contribution >= 4 is 28.7 Å². The number of fused-ring (bicyclic) bond motifs is 1. The van der Waals surface area contributed by atoms with Gasteiger partial charge in [-0.3, -0.25) is 9.69 Å². The fraction of sp³-hybridized carbons (Fsp3) is 0.280. The normalized spacial score (nSPS) is 10.9. The van der Waals surface area contributed by atoms with Gasteiger partial charge < -0.3 is 14.2 Å². The highest BCUT2D eigenvalue weighted by Gasteiger charge is 2.28. The van der Waals surface area contributed by atoms with Crippen LogP contribution < -0.4 is 9.64 Å². The average Bonchev–Trinajstić information content (AvgIpc) is 2.79. The Hall–Kier alpha value is -4.12. The van der Waals surface area contributed by atoms with E-state index in [0.717, 1.165) is 10.5 Å². The van der Waals surface area contributed by atoms with Crippen LogP contribution in [0.15, 0.2) is 54.6 Å². The van der Waals surface area contributed by atoms with Crippen molar-refractivity contribution in [1.29, 1.82) is 5.26 Å². The van der Waals surface area contributed by atoms with Crippen molar-refractivity contribution in [2.75, 3.05) is 18.6 Å². The van der Waals surface area contributed by atoms with Crippen LogP contribution in [0.4, 0.5) is 10.5 Å². The molecule has 0 bridgehead atoms. The first kappa shape index (κ1) is 23.5. The number of ether oxygens (including phenoxy) is 3. The topological polar surface area (TPSA) is 102 Å². The molecule has 0 spiro atoms. The van der Waals surface area contributed by atoms with Crippen molar-refractivity contribution in [3.63, 3.8) is 0 Å². The highest BCUT2D eigenvalue weighted by atomic mass is 16.6. The maximum absolute atomic E-state index is 12.8. The third kappa shape index (κ3) is 5.98. The first-order chi connectivity index (χ1) is 15.7. The van der Waals surface area contributed by atoms with E-state index in [2.05, 4.69) is 11.1 Å². The van der Waals surface area contributed by atoms with E-state index >= 15 is 0 Å². The molecule has 33 heavy (non-hydrogen) atoms. The molecule has 0 aliphatic rings. The van der Waals surface area contributed by atoms with Crippen LogP contribution in [0.3, 0.4) is 0 Å². The van der Waals surface area contributed by atoms with Crippen LogP contribution in [0.1, 0.15) is 31.9 Å². The minimum Gasteiger partial charge on any atom is -0.473 e. The number of hydrogen-bond donors (Lipinski definition) is 0. The first-order valence-corrected chi connectivity index (χ1v) is 10.3. The van der Waals surface area contributed by atoms with Crippen LogP contribution >= 0.6 is 0 Å². The van der Waals surface area contributed by atoms with Gasteiger partial charge in [0.05, 0.1) is 23.9 Å². The predicted octanol–water partition coefficient (Wildman–Crippen LogP) is 4.60. The minimum absolute atomic E-state index is 0.185. The Morgan fingerprint density at radius 1 is 1.06 bits per heavy atom. The number of benzene rings is 2. The van der Waals surface area contributed by atoms with E-state index in [9.17, 15) is 14.9 Å². The third-order valence-corrected chi connectivity index (χ3v) is 4.58. The molecule has 8 heteroatoms. The van der Waals surface area contributed by atoms with Gasteiger partial charge in [0, 0.05) is 11.5 Å². The quantitative estimate of drug-likeness (QED) is 0.509. The summed E-state index contributed by atoms with van der Waals surface area (Å²) < 4.78 is 15.9. The molecule has 0 saturated carbocycles. The summed E-state index contributed by atoms with van der Waals surface area (Å²) in [5.74, 6) is -0.241. The number of esters is 1. The largest absolute Gasteiger partial charge is 0.473 e. The summed E-state index contributed by atoms with van der Waals surface area (Å²) in [4.78, 5) is 30.4. The Morgan fingerprint density at radius 2 is 1.79 bits per heavy atom. The smallest absolute Gasteiger partial charge is 0.415 e. The van der Waals surface area contributed by atoms with Crippen molar-refractivity contribution in [3.05, 3.63) is 65.7 Å². The standard InChI is InChI=1S/C25H25N3O5/c1-25(2,3)33-24(30)28(15-23(29)31-4)21-12-11-20-18(19(21)14-26)10-13-22(27-20)32-16-17-8-6-5-7-9-17/h5-13H,15-16H2,1-4H3. The molecular weight excluding hydrogens is 422 g/mol. The Kier molecular flexibility index (Phi) is 7.13. The molecule has 0 unspecified atom stereocenters. The van der Waals surface area contributed by atoms with Gasteiger partial charge in [-0.15, -0.1) is 0 Å². The summed E-state index contributed by atoms with van der Waals surface area (Å²) >= 11 is 0. The van der Waals surface area contributed by atoms with Gasteiger partial charge in [-0.1, -0.05) is 30.3 Å².